The van der Waals surface area contributed by atoms with Gasteiger partial charge in [-0.2, -0.15) is 4.31 Å². The first-order chi connectivity index (χ1) is 8.95. The molecule has 7 heteroatoms. The molecular weight excluding hydrogens is 288 g/mol. The van der Waals surface area contributed by atoms with Crippen molar-refractivity contribution in [1.29, 1.82) is 0 Å². The Morgan fingerprint density at radius 2 is 1.84 bits per heavy atom. The first kappa shape index (κ1) is 16.2. The van der Waals surface area contributed by atoms with Crippen molar-refractivity contribution in [2.24, 2.45) is 0 Å². The quantitative estimate of drug-likeness (QED) is 0.726. The Bertz CT molecular complexity index is 514. The van der Waals surface area contributed by atoms with Crippen molar-refractivity contribution < 1.29 is 13.2 Å². The molecular formula is C12H19ClN2O3S. The van der Waals surface area contributed by atoms with Gasteiger partial charge in [0.05, 0.1) is 12.0 Å². The van der Waals surface area contributed by atoms with E-state index in [1.54, 1.807) is 0 Å². The molecule has 0 spiro atoms. The Morgan fingerprint density at radius 1 is 1.26 bits per heavy atom. The summed E-state index contributed by atoms with van der Waals surface area (Å²) >= 11 is 5.82. The summed E-state index contributed by atoms with van der Waals surface area (Å²) in [7, 11) is -2.13. The van der Waals surface area contributed by atoms with Crippen LogP contribution in [-0.2, 0) is 10.0 Å². The number of ether oxygens (including phenoxy) is 1. The van der Waals surface area contributed by atoms with Crippen LogP contribution in [0.3, 0.4) is 0 Å². The number of rotatable bonds is 7. The molecule has 0 aliphatic carbocycles. The van der Waals surface area contributed by atoms with Crippen LogP contribution in [0, 0.1) is 0 Å². The second-order valence-electron chi connectivity index (χ2n) is 4.07. The molecule has 0 N–H and O–H groups in total. The summed E-state index contributed by atoms with van der Waals surface area (Å²) in [6.07, 6.45) is 1.52. The predicted molar refractivity (Wildman–Crippen MR) is 75.1 cm³/mol. The molecule has 1 heterocycles. The maximum Gasteiger partial charge on any atom is 0.243 e. The van der Waals surface area contributed by atoms with E-state index in [0.29, 0.717) is 13.1 Å². The smallest absolute Gasteiger partial charge is 0.243 e. The molecule has 108 valence electrons. The van der Waals surface area contributed by atoms with Crippen LogP contribution in [-0.4, -0.2) is 37.9 Å². The largest absolute Gasteiger partial charge is 0.481 e. The van der Waals surface area contributed by atoms with Crippen molar-refractivity contribution in [3.8, 4) is 5.88 Å². The lowest BCUT2D eigenvalue weighted by molar-refractivity contribution is 0.393. The van der Waals surface area contributed by atoms with Gasteiger partial charge in [-0.15, -0.1) is 0 Å². The van der Waals surface area contributed by atoms with Crippen LogP contribution in [0.4, 0.5) is 0 Å². The van der Waals surface area contributed by atoms with Crippen molar-refractivity contribution in [1.82, 2.24) is 9.29 Å². The highest BCUT2D eigenvalue weighted by Gasteiger charge is 2.24. The van der Waals surface area contributed by atoms with Crippen molar-refractivity contribution in [2.45, 2.75) is 31.6 Å². The van der Waals surface area contributed by atoms with Gasteiger partial charge in [0.15, 0.2) is 0 Å². The molecule has 0 unspecified atom stereocenters. The zero-order chi connectivity index (χ0) is 14.5. The Morgan fingerprint density at radius 3 is 2.32 bits per heavy atom. The van der Waals surface area contributed by atoms with E-state index in [2.05, 4.69) is 4.98 Å². The van der Waals surface area contributed by atoms with Crippen molar-refractivity contribution in [3.05, 3.63) is 17.3 Å². The van der Waals surface area contributed by atoms with Gasteiger partial charge < -0.3 is 4.74 Å². The second-order valence-corrected chi connectivity index (χ2v) is 6.40. The van der Waals surface area contributed by atoms with Gasteiger partial charge in [0, 0.05) is 19.2 Å². The van der Waals surface area contributed by atoms with Gasteiger partial charge in [-0.1, -0.05) is 25.4 Å². The van der Waals surface area contributed by atoms with Gasteiger partial charge in [0.1, 0.15) is 5.15 Å². The van der Waals surface area contributed by atoms with Crippen molar-refractivity contribution in [2.75, 3.05) is 20.2 Å². The van der Waals surface area contributed by atoms with Crippen LogP contribution >= 0.6 is 11.6 Å². The third kappa shape index (κ3) is 4.06. The third-order valence-corrected chi connectivity index (χ3v) is 4.61. The molecule has 0 aliphatic heterocycles. The maximum atomic E-state index is 12.5. The number of pyridine rings is 1. The highest BCUT2D eigenvalue weighted by Crippen LogP contribution is 2.23. The number of halogens is 1. The van der Waals surface area contributed by atoms with Gasteiger partial charge in [-0.05, 0) is 18.9 Å². The molecule has 1 aromatic heterocycles. The van der Waals surface area contributed by atoms with E-state index in [1.165, 1.54) is 23.5 Å². The standard InChI is InChI=1S/C12H19ClN2O3S/c1-4-6-15(7-5-2)19(16,17)10-8-11(13)14-12(9-10)18-3/h8-9H,4-7H2,1-3H3. The molecule has 0 fully saturated rings. The molecule has 0 radical (unpaired) electrons. The Balaban J connectivity index is 3.20. The SMILES string of the molecule is CCCN(CCC)S(=O)(=O)c1cc(Cl)nc(OC)c1. The van der Waals surface area contributed by atoms with Crippen LogP contribution < -0.4 is 4.74 Å². The minimum atomic E-state index is -3.55. The fourth-order valence-electron chi connectivity index (χ4n) is 1.70. The Kier molecular flexibility index (Phi) is 6.03. The van der Waals surface area contributed by atoms with Gasteiger partial charge in [0.25, 0.3) is 0 Å². The lowest BCUT2D eigenvalue weighted by Gasteiger charge is -2.21. The van der Waals surface area contributed by atoms with Gasteiger partial charge >= 0.3 is 0 Å². The van der Waals surface area contributed by atoms with Crippen LogP contribution in [0.15, 0.2) is 17.0 Å². The number of methoxy groups -OCH3 is 1. The van der Waals surface area contributed by atoms with Crippen molar-refractivity contribution in [3.63, 3.8) is 0 Å². The molecule has 1 rings (SSSR count). The summed E-state index contributed by atoms with van der Waals surface area (Å²) < 4.78 is 31.4. The van der Waals surface area contributed by atoms with E-state index in [9.17, 15) is 8.42 Å². The summed E-state index contributed by atoms with van der Waals surface area (Å²) in [5.41, 5.74) is 0. The summed E-state index contributed by atoms with van der Waals surface area (Å²) in [6.45, 7) is 4.85. The molecule has 5 nitrogen and oxygen atoms in total. The highest BCUT2D eigenvalue weighted by molar-refractivity contribution is 7.89. The monoisotopic (exact) mass is 306 g/mol. The normalized spacial score (nSPS) is 11.8. The van der Waals surface area contributed by atoms with Crippen molar-refractivity contribution >= 4 is 21.6 Å². The molecule has 0 bridgehead atoms. The maximum absolute atomic E-state index is 12.5. The molecule has 0 aromatic carbocycles. The van der Waals surface area contributed by atoms with E-state index >= 15 is 0 Å². The Labute approximate surface area is 119 Å². The number of aromatic nitrogens is 1. The van der Waals surface area contributed by atoms with Crippen LogP contribution in [0.1, 0.15) is 26.7 Å². The van der Waals surface area contributed by atoms with E-state index < -0.39 is 10.0 Å². The highest BCUT2D eigenvalue weighted by atomic mass is 35.5. The van der Waals surface area contributed by atoms with Gasteiger partial charge in [-0.3, -0.25) is 0 Å². The molecule has 19 heavy (non-hydrogen) atoms. The van der Waals surface area contributed by atoms with Gasteiger partial charge in [0.2, 0.25) is 15.9 Å². The first-order valence-electron chi connectivity index (χ1n) is 6.17. The zero-order valence-corrected chi connectivity index (χ0v) is 13.0. The summed E-state index contributed by atoms with van der Waals surface area (Å²) in [6, 6.07) is 2.73. The average Bonchev–Trinajstić information content (AvgIpc) is 2.37. The molecule has 0 saturated carbocycles. The average molecular weight is 307 g/mol. The van der Waals surface area contributed by atoms with E-state index in [1.807, 2.05) is 13.8 Å². The lowest BCUT2D eigenvalue weighted by Crippen LogP contribution is -2.32. The number of hydrogen-bond acceptors (Lipinski definition) is 4. The van der Waals surface area contributed by atoms with Crippen LogP contribution in [0.5, 0.6) is 5.88 Å². The van der Waals surface area contributed by atoms with E-state index in [0.717, 1.165) is 12.8 Å². The topological polar surface area (TPSA) is 59.5 Å². The first-order valence-corrected chi connectivity index (χ1v) is 7.99. The molecule has 0 saturated heterocycles. The third-order valence-electron chi connectivity index (χ3n) is 2.54. The summed E-state index contributed by atoms with van der Waals surface area (Å²) in [5.74, 6) is 0.194. The summed E-state index contributed by atoms with van der Waals surface area (Å²) in [5, 5.41) is 0.103. The summed E-state index contributed by atoms with van der Waals surface area (Å²) in [4.78, 5) is 3.99. The van der Waals surface area contributed by atoms with Gasteiger partial charge in [-0.25, -0.2) is 13.4 Å². The molecule has 0 amide bonds. The second kappa shape index (κ2) is 7.07. The lowest BCUT2D eigenvalue weighted by atomic mass is 10.4. The number of nitrogens with zero attached hydrogens (tertiary/aromatic N) is 2. The molecule has 0 aliphatic rings. The molecule has 0 atom stereocenters. The molecule has 1 aromatic rings. The fourth-order valence-corrected chi connectivity index (χ4v) is 3.62. The Hall–Kier alpha value is -0.850. The van der Waals surface area contributed by atoms with E-state index in [4.69, 9.17) is 16.3 Å². The van der Waals surface area contributed by atoms with Crippen LogP contribution in [0.25, 0.3) is 0 Å². The predicted octanol–water partition coefficient (Wildman–Crippen LogP) is 2.55. The minimum absolute atomic E-state index is 0.103. The number of hydrogen-bond donors (Lipinski definition) is 0. The van der Waals surface area contributed by atoms with E-state index in [-0.39, 0.29) is 15.9 Å². The number of sulfonamides is 1. The fraction of sp³-hybridized carbons (Fsp3) is 0.583. The minimum Gasteiger partial charge on any atom is -0.481 e. The van der Waals surface area contributed by atoms with Crippen LogP contribution in [0.2, 0.25) is 5.15 Å². The zero-order valence-electron chi connectivity index (χ0n) is 11.4.